The van der Waals surface area contributed by atoms with Crippen LogP contribution < -0.4 is 10.5 Å². The van der Waals surface area contributed by atoms with E-state index in [4.69, 9.17) is 10.5 Å². The molecule has 6 nitrogen and oxygen atoms in total. The van der Waals surface area contributed by atoms with E-state index in [1.807, 2.05) is 21.9 Å². The molecule has 2 amide bonds. The van der Waals surface area contributed by atoms with Gasteiger partial charge in [0.05, 0.1) is 13.0 Å². The lowest BCUT2D eigenvalue weighted by Gasteiger charge is -2.38. The van der Waals surface area contributed by atoms with E-state index in [9.17, 15) is 9.59 Å². The fourth-order valence-corrected chi connectivity index (χ4v) is 4.98. The van der Waals surface area contributed by atoms with Crippen LogP contribution >= 0.6 is 12.4 Å². The quantitative estimate of drug-likeness (QED) is 0.849. The van der Waals surface area contributed by atoms with E-state index >= 15 is 0 Å². The number of nitrogens with two attached hydrogens (primary N) is 1. The molecule has 1 aliphatic heterocycles. The maximum absolute atomic E-state index is 13.0. The Morgan fingerprint density at radius 3 is 2.37 bits per heavy atom. The first-order valence-electron chi connectivity index (χ1n) is 9.56. The summed E-state index contributed by atoms with van der Waals surface area (Å²) in [5.41, 5.74) is 6.95. The minimum absolute atomic E-state index is 0. The van der Waals surface area contributed by atoms with Crippen LogP contribution in [-0.2, 0) is 4.79 Å². The molecular weight excluding hydrogens is 366 g/mol. The number of rotatable bonds is 3. The van der Waals surface area contributed by atoms with Crippen molar-refractivity contribution in [2.45, 2.75) is 25.3 Å². The highest BCUT2D eigenvalue weighted by Gasteiger charge is 2.50. The van der Waals surface area contributed by atoms with Crippen LogP contribution in [0.4, 0.5) is 0 Å². The average molecular weight is 394 g/mol. The number of carbonyl (C=O) groups is 2. The molecule has 3 aliphatic rings. The summed E-state index contributed by atoms with van der Waals surface area (Å²) >= 11 is 0. The summed E-state index contributed by atoms with van der Waals surface area (Å²) in [6.45, 7) is 2.32. The molecule has 0 spiro atoms. The van der Waals surface area contributed by atoms with Gasteiger partial charge in [0.1, 0.15) is 5.75 Å². The summed E-state index contributed by atoms with van der Waals surface area (Å²) in [5.74, 6) is 1.87. The Morgan fingerprint density at radius 2 is 1.74 bits per heavy atom. The highest BCUT2D eigenvalue weighted by Crippen LogP contribution is 2.48. The maximum atomic E-state index is 13.0. The van der Waals surface area contributed by atoms with Crippen molar-refractivity contribution in [3.05, 3.63) is 29.8 Å². The number of benzene rings is 1. The van der Waals surface area contributed by atoms with Crippen LogP contribution in [0.2, 0.25) is 0 Å². The predicted molar refractivity (Wildman–Crippen MR) is 105 cm³/mol. The Kier molecular flexibility index (Phi) is 5.96. The number of fused-ring (bicyclic) bond motifs is 2. The number of piperazine rings is 1. The fourth-order valence-electron chi connectivity index (χ4n) is 4.98. The summed E-state index contributed by atoms with van der Waals surface area (Å²) in [7, 11) is 1.59. The number of halogens is 1. The SMILES string of the molecule is COc1cccc(C(=O)N2CCN(C(=O)C3C4CCC(C4)C3N)CC2)c1.Cl. The van der Waals surface area contributed by atoms with Gasteiger partial charge in [-0.1, -0.05) is 6.07 Å². The van der Waals surface area contributed by atoms with Crippen LogP contribution in [0.25, 0.3) is 0 Å². The number of nitrogens with zero attached hydrogens (tertiary/aromatic N) is 2. The third kappa shape index (κ3) is 3.65. The molecule has 0 radical (unpaired) electrons. The highest BCUT2D eigenvalue weighted by molar-refractivity contribution is 5.94. The molecule has 2 N–H and O–H groups in total. The molecule has 1 saturated heterocycles. The molecule has 27 heavy (non-hydrogen) atoms. The van der Waals surface area contributed by atoms with Crippen LogP contribution in [0.3, 0.4) is 0 Å². The van der Waals surface area contributed by atoms with E-state index < -0.39 is 0 Å². The Balaban J connectivity index is 0.00000210. The molecule has 2 saturated carbocycles. The van der Waals surface area contributed by atoms with Gasteiger partial charge >= 0.3 is 0 Å². The minimum atomic E-state index is -0.00683. The molecule has 4 rings (SSSR count). The molecule has 2 bridgehead atoms. The molecular formula is C20H28ClN3O3. The standard InChI is InChI=1S/C20H27N3O3.ClH/c1-26-16-4-2-3-15(12-16)19(24)22-7-9-23(10-8-22)20(25)17-13-5-6-14(11-13)18(17)21;/h2-4,12-14,17-18H,5-11,21H2,1H3;1H. The first-order chi connectivity index (χ1) is 12.6. The Labute approximate surface area is 166 Å². The molecule has 2 aliphatic carbocycles. The fraction of sp³-hybridized carbons (Fsp3) is 0.600. The normalized spacial score (nSPS) is 29.4. The lowest BCUT2D eigenvalue weighted by atomic mass is 9.84. The maximum Gasteiger partial charge on any atom is 0.254 e. The largest absolute Gasteiger partial charge is 0.497 e. The topological polar surface area (TPSA) is 75.9 Å². The highest BCUT2D eigenvalue weighted by atomic mass is 35.5. The second kappa shape index (κ2) is 8.07. The van der Waals surface area contributed by atoms with Gasteiger partial charge in [0.2, 0.25) is 5.91 Å². The number of amides is 2. The molecule has 7 heteroatoms. The van der Waals surface area contributed by atoms with Crippen LogP contribution in [-0.4, -0.2) is 60.9 Å². The molecule has 0 aromatic heterocycles. The zero-order chi connectivity index (χ0) is 18.3. The molecule has 1 aromatic carbocycles. The van der Waals surface area contributed by atoms with Gasteiger partial charge in [-0.05, 0) is 49.3 Å². The van der Waals surface area contributed by atoms with E-state index in [2.05, 4.69) is 0 Å². The van der Waals surface area contributed by atoms with Gasteiger partial charge in [0.25, 0.3) is 5.91 Å². The minimum Gasteiger partial charge on any atom is -0.497 e. The van der Waals surface area contributed by atoms with E-state index in [-0.39, 0.29) is 36.2 Å². The van der Waals surface area contributed by atoms with Crippen LogP contribution in [0.5, 0.6) is 5.75 Å². The summed E-state index contributed by atoms with van der Waals surface area (Å²) in [6, 6.07) is 7.23. The van der Waals surface area contributed by atoms with Gasteiger partial charge in [-0.3, -0.25) is 9.59 Å². The summed E-state index contributed by atoms with van der Waals surface area (Å²) < 4.78 is 5.20. The first kappa shape index (κ1) is 20.0. The molecule has 4 unspecified atom stereocenters. The number of ether oxygens (including phenoxy) is 1. The van der Waals surface area contributed by atoms with Gasteiger partial charge < -0.3 is 20.3 Å². The summed E-state index contributed by atoms with van der Waals surface area (Å²) in [6.07, 6.45) is 3.44. The van der Waals surface area contributed by atoms with Crippen molar-refractivity contribution in [3.63, 3.8) is 0 Å². The van der Waals surface area contributed by atoms with Crippen molar-refractivity contribution in [1.82, 2.24) is 9.80 Å². The van der Waals surface area contributed by atoms with Crippen LogP contribution in [0, 0.1) is 17.8 Å². The molecule has 148 valence electrons. The first-order valence-corrected chi connectivity index (χ1v) is 9.56. The van der Waals surface area contributed by atoms with E-state index in [0.717, 1.165) is 12.8 Å². The van der Waals surface area contributed by atoms with E-state index in [1.165, 1.54) is 6.42 Å². The second-order valence-electron chi connectivity index (χ2n) is 7.79. The van der Waals surface area contributed by atoms with Gasteiger partial charge in [-0.2, -0.15) is 0 Å². The van der Waals surface area contributed by atoms with Gasteiger partial charge in [0, 0.05) is 37.8 Å². The van der Waals surface area contributed by atoms with Gasteiger partial charge in [0.15, 0.2) is 0 Å². The second-order valence-corrected chi connectivity index (χ2v) is 7.79. The number of hydrogen-bond donors (Lipinski definition) is 1. The summed E-state index contributed by atoms with van der Waals surface area (Å²) in [4.78, 5) is 29.4. The Hall–Kier alpha value is -1.79. The molecule has 4 atom stereocenters. The zero-order valence-corrected chi connectivity index (χ0v) is 16.5. The van der Waals surface area contributed by atoms with Gasteiger partial charge in [-0.15, -0.1) is 12.4 Å². The lowest BCUT2D eigenvalue weighted by molar-refractivity contribution is -0.139. The zero-order valence-electron chi connectivity index (χ0n) is 15.7. The number of methoxy groups -OCH3 is 1. The lowest BCUT2D eigenvalue weighted by Crippen LogP contribution is -2.54. The van der Waals surface area contributed by atoms with Crippen molar-refractivity contribution in [1.29, 1.82) is 0 Å². The monoisotopic (exact) mass is 393 g/mol. The van der Waals surface area contributed by atoms with Crippen molar-refractivity contribution in [3.8, 4) is 5.75 Å². The van der Waals surface area contributed by atoms with Gasteiger partial charge in [-0.25, -0.2) is 0 Å². The van der Waals surface area contributed by atoms with Crippen molar-refractivity contribution in [2.75, 3.05) is 33.3 Å². The number of hydrogen-bond acceptors (Lipinski definition) is 4. The van der Waals surface area contributed by atoms with Crippen molar-refractivity contribution in [2.24, 2.45) is 23.5 Å². The van der Waals surface area contributed by atoms with E-state index in [1.54, 1.807) is 19.2 Å². The Morgan fingerprint density at radius 1 is 1.07 bits per heavy atom. The van der Waals surface area contributed by atoms with Crippen LogP contribution in [0.15, 0.2) is 24.3 Å². The van der Waals surface area contributed by atoms with E-state index in [0.29, 0.717) is 49.3 Å². The predicted octanol–water partition coefficient (Wildman–Crippen LogP) is 1.77. The summed E-state index contributed by atoms with van der Waals surface area (Å²) in [5, 5.41) is 0. The Bertz CT molecular complexity index is 703. The third-order valence-electron chi connectivity index (χ3n) is 6.46. The molecule has 1 heterocycles. The van der Waals surface area contributed by atoms with Crippen molar-refractivity contribution >= 4 is 24.2 Å². The van der Waals surface area contributed by atoms with Crippen LogP contribution in [0.1, 0.15) is 29.6 Å². The number of carbonyl (C=O) groups excluding carboxylic acids is 2. The smallest absolute Gasteiger partial charge is 0.254 e. The van der Waals surface area contributed by atoms with Crippen molar-refractivity contribution < 1.29 is 14.3 Å². The molecule has 3 fully saturated rings. The third-order valence-corrected chi connectivity index (χ3v) is 6.46. The average Bonchev–Trinajstić information content (AvgIpc) is 3.28. The molecule has 1 aromatic rings.